The van der Waals surface area contributed by atoms with E-state index < -0.39 is 24.3 Å². The number of hydrogen-bond acceptors (Lipinski definition) is 5. The lowest BCUT2D eigenvalue weighted by Gasteiger charge is -2.38. The van der Waals surface area contributed by atoms with Crippen molar-refractivity contribution in [2.24, 2.45) is 17.6 Å². The van der Waals surface area contributed by atoms with E-state index in [9.17, 15) is 14.3 Å². The van der Waals surface area contributed by atoms with Gasteiger partial charge in [-0.1, -0.05) is 0 Å². The number of aliphatic hydroxyl groups excluding tert-OH is 1. The van der Waals surface area contributed by atoms with Crippen molar-refractivity contribution in [1.29, 1.82) is 0 Å². The zero-order valence-electron chi connectivity index (χ0n) is 16.9. The minimum Gasteiger partial charge on any atom is -0.493 e. The molecular formula is C22H31FN2O4. The van der Waals surface area contributed by atoms with E-state index in [0.29, 0.717) is 29.9 Å². The molecule has 3 atom stereocenters. The Morgan fingerprint density at radius 1 is 1.31 bits per heavy atom. The molecule has 2 unspecified atom stereocenters. The molecule has 3 fully saturated rings. The Kier molecular flexibility index (Phi) is 6.08. The van der Waals surface area contributed by atoms with Gasteiger partial charge in [0.05, 0.1) is 12.6 Å². The van der Waals surface area contributed by atoms with Gasteiger partial charge in [-0.2, -0.15) is 0 Å². The van der Waals surface area contributed by atoms with Crippen LogP contribution in [-0.2, 0) is 9.53 Å². The van der Waals surface area contributed by atoms with Gasteiger partial charge in [-0.25, -0.2) is 4.39 Å². The van der Waals surface area contributed by atoms with E-state index >= 15 is 0 Å². The Hall–Kier alpha value is -1.70. The van der Waals surface area contributed by atoms with Crippen molar-refractivity contribution in [3.63, 3.8) is 0 Å². The molecule has 0 spiro atoms. The molecule has 2 aliphatic carbocycles. The maximum atomic E-state index is 14.1. The average molecular weight is 406 g/mol. The highest BCUT2D eigenvalue weighted by Crippen LogP contribution is 2.39. The predicted molar refractivity (Wildman–Crippen MR) is 106 cm³/mol. The second kappa shape index (κ2) is 8.58. The predicted octanol–water partition coefficient (Wildman–Crippen LogP) is 2.74. The fourth-order valence-corrected chi connectivity index (χ4v) is 4.48. The van der Waals surface area contributed by atoms with E-state index in [2.05, 4.69) is 0 Å². The summed E-state index contributed by atoms with van der Waals surface area (Å²) in [5, 5.41) is 9.26. The van der Waals surface area contributed by atoms with Gasteiger partial charge in [-0.3, -0.25) is 4.79 Å². The Bertz CT molecular complexity index is 734. The molecule has 160 valence electrons. The van der Waals surface area contributed by atoms with Crippen LogP contribution in [-0.4, -0.2) is 47.9 Å². The Balaban J connectivity index is 1.22. The fourth-order valence-electron chi connectivity index (χ4n) is 4.48. The van der Waals surface area contributed by atoms with E-state index in [1.165, 1.54) is 12.5 Å². The van der Waals surface area contributed by atoms with Gasteiger partial charge in [-0.05, 0) is 68.9 Å². The first-order valence-electron chi connectivity index (χ1n) is 10.7. The smallest absolute Gasteiger partial charge is 0.239 e. The molecule has 1 amide bonds. The Labute approximate surface area is 171 Å². The minimum atomic E-state index is -0.904. The summed E-state index contributed by atoms with van der Waals surface area (Å²) in [6.45, 7) is 0.527. The molecule has 4 rings (SSSR count). The highest BCUT2D eigenvalue weighted by Gasteiger charge is 2.40. The van der Waals surface area contributed by atoms with Gasteiger partial charge < -0.3 is 25.2 Å². The third-order valence-corrected chi connectivity index (χ3v) is 6.89. The molecule has 6 nitrogen and oxygen atoms in total. The van der Waals surface area contributed by atoms with Crippen molar-refractivity contribution in [3.05, 3.63) is 29.6 Å². The zero-order valence-corrected chi connectivity index (χ0v) is 16.9. The Morgan fingerprint density at radius 2 is 2.00 bits per heavy atom. The van der Waals surface area contributed by atoms with E-state index in [1.54, 1.807) is 12.1 Å². The topological polar surface area (TPSA) is 88.3 Å². The van der Waals surface area contributed by atoms with Gasteiger partial charge in [0.2, 0.25) is 5.91 Å². The highest BCUT2D eigenvalue weighted by molar-refractivity contribution is 5.82. The highest BCUT2D eigenvalue weighted by atomic mass is 19.1. The lowest BCUT2D eigenvalue weighted by atomic mass is 9.78. The fraction of sp³-hybridized carbons (Fsp3) is 0.682. The standard InChI is InChI=1S/C22H31FN2O4/c1-25(15-3-2-4-15)21(26)19(24)14-7-5-13(6-8-14)12-28-16-9-10-17(18(23)11-16)20-22(27)29-20/h9-11,13-15,19-20,22,27H,2-8,12,24H2,1H3/t13?,14?,19-,20?,22?/m0/s1. The van der Waals surface area contributed by atoms with Crippen molar-refractivity contribution in [2.75, 3.05) is 13.7 Å². The average Bonchev–Trinajstić information content (AvgIpc) is 3.40. The molecular weight excluding hydrogens is 375 g/mol. The number of likely N-dealkylation sites (N-methyl/N-ethyl adjacent to an activating group) is 1. The number of carbonyl (C=O) groups excluding carboxylic acids is 1. The molecule has 3 N–H and O–H groups in total. The molecule has 1 heterocycles. The van der Waals surface area contributed by atoms with Crippen LogP contribution in [0.1, 0.15) is 56.6 Å². The number of epoxide rings is 1. The summed E-state index contributed by atoms with van der Waals surface area (Å²) in [7, 11) is 1.88. The number of amides is 1. The van der Waals surface area contributed by atoms with Crippen LogP contribution in [0.25, 0.3) is 0 Å². The molecule has 1 aromatic carbocycles. The molecule has 1 aliphatic heterocycles. The maximum Gasteiger partial charge on any atom is 0.239 e. The minimum absolute atomic E-state index is 0.0784. The van der Waals surface area contributed by atoms with Crippen molar-refractivity contribution in [1.82, 2.24) is 4.90 Å². The van der Waals surface area contributed by atoms with Crippen LogP contribution in [0, 0.1) is 17.7 Å². The molecule has 2 saturated carbocycles. The van der Waals surface area contributed by atoms with Crippen LogP contribution >= 0.6 is 0 Å². The number of benzene rings is 1. The third kappa shape index (κ3) is 4.57. The summed E-state index contributed by atoms with van der Waals surface area (Å²) in [5.74, 6) is 0.747. The number of carbonyl (C=O) groups is 1. The first-order valence-corrected chi connectivity index (χ1v) is 10.7. The van der Waals surface area contributed by atoms with Gasteiger partial charge in [0.1, 0.15) is 17.7 Å². The number of nitrogens with two attached hydrogens (primary N) is 1. The van der Waals surface area contributed by atoms with Crippen LogP contribution in [0.4, 0.5) is 4.39 Å². The summed E-state index contributed by atoms with van der Waals surface area (Å²) in [5.41, 5.74) is 6.66. The largest absolute Gasteiger partial charge is 0.493 e. The maximum absolute atomic E-state index is 14.1. The summed E-state index contributed by atoms with van der Waals surface area (Å²) < 4.78 is 24.8. The van der Waals surface area contributed by atoms with Crippen LogP contribution in [0.15, 0.2) is 18.2 Å². The van der Waals surface area contributed by atoms with E-state index in [-0.39, 0.29) is 11.8 Å². The molecule has 3 aliphatic rings. The molecule has 1 aromatic rings. The molecule has 0 radical (unpaired) electrons. The van der Waals surface area contributed by atoms with Crippen molar-refractivity contribution in [2.45, 2.75) is 69.4 Å². The number of hydrogen-bond donors (Lipinski definition) is 2. The van der Waals surface area contributed by atoms with Gasteiger partial charge in [0.15, 0.2) is 6.29 Å². The summed E-state index contributed by atoms with van der Waals surface area (Å²) in [6.07, 6.45) is 5.68. The number of halogens is 1. The molecule has 0 aromatic heterocycles. The van der Waals surface area contributed by atoms with Crippen LogP contribution in [0.5, 0.6) is 5.75 Å². The second-order valence-electron chi connectivity index (χ2n) is 8.78. The second-order valence-corrected chi connectivity index (χ2v) is 8.78. The summed E-state index contributed by atoms with van der Waals surface area (Å²) in [4.78, 5) is 14.5. The first-order chi connectivity index (χ1) is 13.9. The van der Waals surface area contributed by atoms with E-state index in [4.69, 9.17) is 15.2 Å². The summed E-state index contributed by atoms with van der Waals surface area (Å²) >= 11 is 0. The van der Waals surface area contributed by atoms with Crippen LogP contribution in [0.2, 0.25) is 0 Å². The number of rotatable bonds is 7. The number of ether oxygens (including phenoxy) is 2. The van der Waals surface area contributed by atoms with Crippen LogP contribution < -0.4 is 10.5 Å². The SMILES string of the molecule is CN(C(=O)[C@@H](N)C1CCC(COc2ccc(C3OC3O)c(F)c2)CC1)C1CCC1. The normalized spacial score (nSPS) is 30.3. The quantitative estimate of drug-likeness (QED) is 0.680. The number of aliphatic hydroxyl groups is 1. The van der Waals surface area contributed by atoms with Crippen molar-refractivity contribution >= 4 is 5.91 Å². The lowest BCUT2D eigenvalue weighted by molar-refractivity contribution is -0.136. The lowest BCUT2D eigenvalue weighted by Crippen LogP contribution is -2.52. The Morgan fingerprint density at radius 3 is 2.55 bits per heavy atom. The number of nitrogens with zero attached hydrogens (tertiary/aromatic N) is 1. The molecule has 0 bridgehead atoms. The molecule has 1 saturated heterocycles. The monoisotopic (exact) mass is 406 g/mol. The van der Waals surface area contributed by atoms with E-state index in [0.717, 1.165) is 38.5 Å². The van der Waals surface area contributed by atoms with Gasteiger partial charge in [0, 0.05) is 24.7 Å². The van der Waals surface area contributed by atoms with Gasteiger partial charge >= 0.3 is 0 Å². The van der Waals surface area contributed by atoms with Gasteiger partial charge in [-0.15, -0.1) is 0 Å². The zero-order chi connectivity index (χ0) is 20.5. The molecule has 7 heteroatoms. The first kappa shape index (κ1) is 20.6. The third-order valence-electron chi connectivity index (χ3n) is 6.89. The van der Waals surface area contributed by atoms with Gasteiger partial charge in [0.25, 0.3) is 0 Å². The van der Waals surface area contributed by atoms with Crippen LogP contribution in [0.3, 0.4) is 0 Å². The van der Waals surface area contributed by atoms with Crippen molar-refractivity contribution in [3.8, 4) is 5.75 Å². The van der Waals surface area contributed by atoms with E-state index in [1.807, 2.05) is 11.9 Å². The summed E-state index contributed by atoms with van der Waals surface area (Å²) in [6, 6.07) is 4.62. The molecule has 29 heavy (non-hydrogen) atoms. The van der Waals surface area contributed by atoms with Crippen molar-refractivity contribution < 1.29 is 23.8 Å².